The highest BCUT2D eigenvalue weighted by Gasteiger charge is 2.11. The maximum absolute atomic E-state index is 5.13. The molecular formula is C16H31N5O2. The lowest BCUT2D eigenvalue weighted by Crippen LogP contribution is -2.38. The second-order valence-corrected chi connectivity index (χ2v) is 5.33. The average Bonchev–Trinajstić information content (AvgIpc) is 2.81. The van der Waals surface area contributed by atoms with Gasteiger partial charge in [-0.15, -0.1) is 0 Å². The highest BCUT2D eigenvalue weighted by Crippen LogP contribution is 2.14. The molecule has 0 aromatic carbocycles. The first-order chi connectivity index (χ1) is 11.1. The number of aryl methyl sites for hydroxylation is 1. The smallest absolute Gasteiger partial charge is 0.191 e. The van der Waals surface area contributed by atoms with Gasteiger partial charge in [0, 0.05) is 45.2 Å². The molecule has 1 heterocycles. The largest absolute Gasteiger partial charge is 0.385 e. The average molecular weight is 325 g/mol. The molecule has 0 unspecified atom stereocenters. The number of nitrogens with zero attached hydrogens (tertiary/aromatic N) is 3. The van der Waals surface area contributed by atoms with Crippen molar-refractivity contribution in [1.29, 1.82) is 0 Å². The number of aliphatic imine (C=N–C) groups is 1. The summed E-state index contributed by atoms with van der Waals surface area (Å²) in [7, 11) is 3.42. The van der Waals surface area contributed by atoms with Crippen LogP contribution in [0, 0.1) is 13.8 Å². The SMILES string of the molecule is CCNC(=NCc1c(C)nn(CCOC)c1C)NCCCOC. The quantitative estimate of drug-likeness (QED) is 0.385. The Morgan fingerprint density at radius 3 is 2.57 bits per heavy atom. The van der Waals surface area contributed by atoms with E-state index in [2.05, 4.69) is 34.6 Å². The maximum atomic E-state index is 5.13. The van der Waals surface area contributed by atoms with Gasteiger partial charge in [0.15, 0.2) is 5.96 Å². The van der Waals surface area contributed by atoms with Crippen LogP contribution >= 0.6 is 0 Å². The van der Waals surface area contributed by atoms with Gasteiger partial charge in [0.2, 0.25) is 0 Å². The Morgan fingerprint density at radius 1 is 1.17 bits per heavy atom. The van der Waals surface area contributed by atoms with Crippen LogP contribution < -0.4 is 10.6 Å². The lowest BCUT2D eigenvalue weighted by molar-refractivity contribution is 0.182. The van der Waals surface area contributed by atoms with Crippen LogP contribution in [0.4, 0.5) is 0 Å². The molecule has 23 heavy (non-hydrogen) atoms. The monoisotopic (exact) mass is 325 g/mol. The van der Waals surface area contributed by atoms with Crippen LogP contribution in [0.1, 0.15) is 30.3 Å². The van der Waals surface area contributed by atoms with E-state index < -0.39 is 0 Å². The summed E-state index contributed by atoms with van der Waals surface area (Å²) < 4.78 is 12.2. The van der Waals surface area contributed by atoms with Gasteiger partial charge in [-0.3, -0.25) is 4.68 Å². The van der Waals surface area contributed by atoms with Gasteiger partial charge in [0.05, 0.1) is 25.4 Å². The minimum absolute atomic E-state index is 0.615. The molecule has 1 aromatic rings. The summed E-state index contributed by atoms with van der Waals surface area (Å²) in [5.74, 6) is 0.826. The summed E-state index contributed by atoms with van der Waals surface area (Å²) in [6.45, 7) is 10.6. The summed E-state index contributed by atoms with van der Waals surface area (Å²) in [5, 5.41) is 11.1. The van der Waals surface area contributed by atoms with Crippen molar-refractivity contribution in [2.24, 2.45) is 4.99 Å². The summed E-state index contributed by atoms with van der Waals surface area (Å²) in [6, 6.07) is 0. The molecule has 132 valence electrons. The van der Waals surface area contributed by atoms with Gasteiger partial charge >= 0.3 is 0 Å². The minimum atomic E-state index is 0.615. The second-order valence-electron chi connectivity index (χ2n) is 5.33. The second kappa shape index (κ2) is 11.0. The Balaban J connectivity index is 2.68. The van der Waals surface area contributed by atoms with Crippen molar-refractivity contribution in [2.45, 2.75) is 40.3 Å². The maximum Gasteiger partial charge on any atom is 0.191 e. The van der Waals surface area contributed by atoms with Crippen molar-refractivity contribution >= 4 is 5.96 Å². The first-order valence-electron chi connectivity index (χ1n) is 8.16. The Labute approximate surface area is 139 Å². The molecule has 0 amide bonds. The van der Waals surface area contributed by atoms with Crippen molar-refractivity contribution in [3.05, 3.63) is 17.0 Å². The van der Waals surface area contributed by atoms with Crippen LogP contribution in [0.3, 0.4) is 0 Å². The molecule has 0 saturated carbocycles. The van der Waals surface area contributed by atoms with Crippen LogP contribution in [0.5, 0.6) is 0 Å². The van der Waals surface area contributed by atoms with Crippen molar-refractivity contribution < 1.29 is 9.47 Å². The molecule has 1 aromatic heterocycles. The number of ether oxygens (including phenoxy) is 2. The highest BCUT2D eigenvalue weighted by molar-refractivity contribution is 5.79. The summed E-state index contributed by atoms with van der Waals surface area (Å²) in [5.41, 5.74) is 3.35. The van der Waals surface area contributed by atoms with Crippen molar-refractivity contribution in [3.63, 3.8) is 0 Å². The first kappa shape index (κ1) is 19.4. The van der Waals surface area contributed by atoms with Crippen LogP contribution in [-0.4, -0.2) is 56.3 Å². The van der Waals surface area contributed by atoms with Gasteiger partial charge in [-0.2, -0.15) is 5.10 Å². The number of guanidine groups is 1. The molecule has 7 nitrogen and oxygen atoms in total. The van der Waals surface area contributed by atoms with Crippen LogP contribution in [0.15, 0.2) is 4.99 Å². The zero-order valence-electron chi connectivity index (χ0n) is 15.1. The van der Waals surface area contributed by atoms with Crippen molar-refractivity contribution in [3.8, 4) is 0 Å². The highest BCUT2D eigenvalue weighted by atomic mass is 16.5. The molecule has 0 aliphatic carbocycles. The predicted octanol–water partition coefficient (Wildman–Crippen LogP) is 1.24. The summed E-state index contributed by atoms with van der Waals surface area (Å²) in [4.78, 5) is 4.67. The Bertz CT molecular complexity index is 485. The molecular weight excluding hydrogens is 294 g/mol. The van der Waals surface area contributed by atoms with E-state index in [4.69, 9.17) is 9.47 Å². The van der Waals surface area contributed by atoms with Crippen LogP contribution in [-0.2, 0) is 22.6 Å². The van der Waals surface area contributed by atoms with Crippen molar-refractivity contribution in [2.75, 3.05) is 40.5 Å². The molecule has 0 bridgehead atoms. The van der Waals surface area contributed by atoms with Crippen LogP contribution in [0.2, 0.25) is 0 Å². The summed E-state index contributed by atoms with van der Waals surface area (Å²) >= 11 is 0. The predicted molar refractivity (Wildman–Crippen MR) is 92.9 cm³/mol. The third-order valence-corrected chi connectivity index (χ3v) is 3.60. The lowest BCUT2D eigenvalue weighted by atomic mass is 10.2. The fraction of sp³-hybridized carbons (Fsp3) is 0.750. The number of rotatable bonds is 10. The van der Waals surface area contributed by atoms with E-state index in [1.807, 2.05) is 11.6 Å². The Hall–Kier alpha value is -1.60. The van der Waals surface area contributed by atoms with Crippen LogP contribution in [0.25, 0.3) is 0 Å². The third kappa shape index (κ3) is 6.58. The molecule has 2 N–H and O–H groups in total. The Kier molecular flexibility index (Phi) is 9.31. The zero-order chi connectivity index (χ0) is 17.1. The van der Waals surface area contributed by atoms with Gasteiger partial charge in [-0.1, -0.05) is 0 Å². The zero-order valence-corrected chi connectivity index (χ0v) is 15.1. The normalized spacial score (nSPS) is 11.8. The molecule has 0 spiro atoms. The molecule has 0 aliphatic rings. The van der Waals surface area contributed by atoms with E-state index in [1.54, 1.807) is 14.2 Å². The van der Waals surface area contributed by atoms with E-state index in [9.17, 15) is 0 Å². The summed E-state index contributed by atoms with van der Waals surface area (Å²) in [6.07, 6.45) is 0.952. The molecule has 7 heteroatoms. The van der Waals surface area contributed by atoms with E-state index in [-0.39, 0.29) is 0 Å². The topological polar surface area (TPSA) is 72.7 Å². The van der Waals surface area contributed by atoms with E-state index in [1.165, 1.54) is 5.56 Å². The van der Waals surface area contributed by atoms with Gasteiger partial charge in [-0.05, 0) is 27.2 Å². The molecule has 0 atom stereocenters. The number of aromatic nitrogens is 2. The lowest BCUT2D eigenvalue weighted by Gasteiger charge is -2.11. The minimum Gasteiger partial charge on any atom is -0.385 e. The van der Waals surface area contributed by atoms with Gasteiger partial charge < -0.3 is 20.1 Å². The molecule has 1 rings (SSSR count). The number of hydrogen-bond donors (Lipinski definition) is 2. The molecule has 0 saturated heterocycles. The Morgan fingerprint density at radius 2 is 1.91 bits per heavy atom. The number of nitrogens with one attached hydrogen (secondary N) is 2. The van der Waals surface area contributed by atoms with Gasteiger partial charge in [-0.25, -0.2) is 4.99 Å². The molecule has 0 radical (unpaired) electrons. The van der Waals surface area contributed by atoms with Crippen molar-refractivity contribution in [1.82, 2.24) is 20.4 Å². The van der Waals surface area contributed by atoms with E-state index >= 15 is 0 Å². The number of hydrogen-bond acceptors (Lipinski definition) is 4. The van der Waals surface area contributed by atoms with Gasteiger partial charge in [0.25, 0.3) is 0 Å². The fourth-order valence-electron chi connectivity index (χ4n) is 2.28. The van der Waals surface area contributed by atoms with E-state index in [0.29, 0.717) is 13.2 Å². The van der Waals surface area contributed by atoms with Gasteiger partial charge in [0.1, 0.15) is 0 Å². The fourth-order valence-corrected chi connectivity index (χ4v) is 2.28. The third-order valence-electron chi connectivity index (χ3n) is 3.60. The van der Waals surface area contributed by atoms with E-state index in [0.717, 1.165) is 50.0 Å². The molecule has 0 aliphatic heterocycles. The standard InChI is InChI=1S/C16H31N5O2/c1-6-17-16(18-8-7-10-22-4)19-12-15-13(2)20-21(14(15)3)9-11-23-5/h6-12H2,1-5H3,(H2,17,18,19). The molecule has 0 fully saturated rings. The number of methoxy groups -OCH3 is 2. The first-order valence-corrected chi connectivity index (χ1v) is 8.16.